The zero-order valence-corrected chi connectivity index (χ0v) is 15.6. The number of para-hydroxylation sites is 2. The van der Waals surface area contributed by atoms with Crippen LogP contribution in [0.1, 0.15) is 40.5 Å². The molecule has 2 aliphatic rings. The van der Waals surface area contributed by atoms with Gasteiger partial charge in [0.1, 0.15) is 11.9 Å². The van der Waals surface area contributed by atoms with E-state index in [1.165, 1.54) is 0 Å². The third-order valence-electron chi connectivity index (χ3n) is 4.96. The number of benzene rings is 1. The molecule has 0 aliphatic carbocycles. The summed E-state index contributed by atoms with van der Waals surface area (Å²) in [5.74, 6) is 1.08. The Morgan fingerprint density at radius 3 is 2.40 bits per heavy atom. The topological polar surface area (TPSA) is 49.9 Å². The van der Waals surface area contributed by atoms with E-state index in [-0.39, 0.29) is 29.3 Å². The molecule has 0 N–H and O–H groups in total. The number of nitrogens with zero attached hydrogens (tertiary/aromatic N) is 2. The van der Waals surface area contributed by atoms with Gasteiger partial charge in [-0.3, -0.25) is 9.59 Å². The molecular weight excluding hydrogens is 316 g/mol. The number of carbonyl (C=O) groups is 2. The van der Waals surface area contributed by atoms with Crippen LogP contribution in [0.4, 0.5) is 5.69 Å². The SMILES string of the molecule is CC1CN(C(=O)C2CCN(C(=O)C(C)(C)C)CC2)c2ccccc2O1. The summed E-state index contributed by atoms with van der Waals surface area (Å²) in [6, 6.07) is 7.71. The highest BCUT2D eigenvalue weighted by Gasteiger charge is 2.36. The van der Waals surface area contributed by atoms with Crippen LogP contribution < -0.4 is 9.64 Å². The Balaban J connectivity index is 1.68. The first kappa shape index (κ1) is 17.8. The van der Waals surface area contributed by atoms with E-state index in [0.29, 0.717) is 19.6 Å². The molecule has 1 saturated heterocycles. The molecule has 25 heavy (non-hydrogen) atoms. The summed E-state index contributed by atoms with van der Waals surface area (Å²) in [5, 5.41) is 0. The van der Waals surface area contributed by atoms with E-state index >= 15 is 0 Å². The third kappa shape index (κ3) is 3.65. The highest BCUT2D eigenvalue weighted by molar-refractivity contribution is 5.97. The number of piperidine rings is 1. The van der Waals surface area contributed by atoms with Gasteiger partial charge in [0.05, 0.1) is 12.2 Å². The highest BCUT2D eigenvalue weighted by Crippen LogP contribution is 2.35. The second-order valence-electron chi connectivity index (χ2n) is 8.16. The van der Waals surface area contributed by atoms with Crippen molar-refractivity contribution >= 4 is 17.5 Å². The summed E-state index contributed by atoms with van der Waals surface area (Å²) in [4.78, 5) is 29.3. The zero-order chi connectivity index (χ0) is 18.2. The minimum atomic E-state index is -0.366. The smallest absolute Gasteiger partial charge is 0.230 e. The van der Waals surface area contributed by atoms with Crippen molar-refractivity contribution < 1.29 is 14.3 Å². The first-order valence-corrected chi connectivity index (χ1v) is 9.14. The van der Waals surface area contributed by atoms with Crippen LogP contribution in [0.3, 0.4) is 0 Å². The average Bonchev–Trinajstić information content (AvgIpc) is 2.59. The lowest BCUT2D eigenvalue weighted by Gasteiger charge is -2.39. The van der Waals surface area contributed by atoms with Crippen LogP contribution in [0.5, 0.6) is 5.75 Å². The third-order valence-corrected chi connectivity index (χ3v) is 4.96. The van der Waals surface area contributed by atoms with Crippen molar-refractivity contribution in [3.63, 3.8) is 0 Å². The predicted octanol–water partition coefficient (Wildman–Crippen LogP) is 3.09. The van der Waals surface area contributed by atoms with Crippen LogP contribution in [0.2, 0.25) is 0 Å². The van der Waals surface area contributed by atoms with Crippen LogP contribution in [0, 0.1) is 11.3 Å². The van der Waals surface area contributed by atoms with Gasteiger partial charge in [-0.2, -0.15) is 0 Å². The molecule has 0 radical (unpaired) electrons. The van der Waals surface area contributed by atoms with E-state index in [9.17, 15) is 9.59 Å². The van der Waals surface area contributed by atoms with Crippen molar-refractivity contribution in [2.75, 3.05) is 24.5 Å². The van der Waals surface area contributed by atoms with E-state index in [0.717, 1.165) is 24.3 Å². The molecule has 1 aromatic rings. The van der Waals surface area contributed by atoms with Crippen LogP contribution >= 0.6 is 0 Å². The molecule has 0 spiro atoms. The van der Waals surface area contributed by atoms with Crippen molar-refractivity contribution in [3.8, 4) is 5.75 Å². The molecule has 0 bridgehead atoms. The van der Waals surface area contributed by atoms with Gasteiger partial charge < -0.3 is 14.5 Å². The summed E-state index contributed by atoms with van der Waals surface area (Å²) in [6.07, 6.45) is 1.45. The quantitative estimate of drug-likeness (QED) is 0.787. The zero-order valence-electron chi connectivity index (χ0n) is 15.6. The monoisotopic (exact) mass is 344 g/mol. The lowest BCUT2D eigenvalue weighted by Crippen LogP contribution is -2.49. The molecule has 5 heteroatoms. The Bertz CT molecular complexity index is 657. The Kier molecular flexibility index (Phi) is 4.76. The summed E-state index contributed by atoms with van der Waals surface area (Å²) in [5.41, 5.74) is 0.494. The fourth-order valence-electron chi connectivity index (χ4n) is 3.62. The maximum atomic E-state index is 13.1. The highest BCUT2D eigenvalue weighted by atomic mass is 16.5. The number of hydrogen-bond acceptors (Lipinski definition) is 3. The number of anilines is 1. The molecule has 2 aliphatic heterocycles. The van der Waals surface area contributed by atoms with Crippen molar-refractivity contribution in [2.24, 2.45) is 11.3 Å². The molecule has 1 fully saturated rings. The maximum Gasteiger partial charge on any atom is 0.230 e. The Labute approximate surface area is 149 Å². The lowest BCUT2D eigenvalue weighted by atomic mass is 9.90. The summed E-state index contributed by atoms with van der Waals surface area (Å²) < 4.78 is 5.84. The largest absolute Gasteiger partial charge is 0.487 e. The lowest BCUT2D eigenvalue weighted by molar-refractivity contribution is -0.142. The van der Waals surface area contributed by atoms with Gasteiger partial charge >= 0.3 is 0 Å². The standard InChI is InChI=1S/C20H28N2O3/c1-14-13-22(16-7-5-6-8-17(16)25-14)18(23)15-9-11-21(12-10-15)19(24)20(2,3)4/h5-8,14-15H,9-13H2,1-4H3. The van der Waals surface area contributed by atoms with Crippen molar-refractivity contribution in [3.05, 3.63) is 24.3 Å². The van der Waals surface area contributed by atoms with Gasteiger partial charge in [-0.1, -0.05) is 32.9 Å². The Morgan fingerprint density at radius 2 is 1.76 bits per heavy atom. The molecule has 0 saturated carbocycles. The number of amides is 2. The molecular formula is C20H28N2O3. The summed E-state index contributed by atoms with van der Waals surface area (Å²) >= 11 is 0. The fraction of sp³-hybridized carbons (Fsp3) is 0.600. The van der Waals surface area contributed by atoms with Crippen molar-refractivity contribution in [1.82, 2.24) is 4.90 Å². The van der Waals surface area contributed by atoms with Crippen molar-refractivity contribution in [2.45, 2.75) is 46.6 Å². The molecule has 1 unspecified atom stereocenters. The number of ether oxygens (including phenoxy) is 1. The number of hydrogen-bond donors (Lipinski definition) is 0. The fourth-order valence-corrected chi connectivity index (χ4v) is 3.62. The first-order valence-electron chi connectivity index (χ1n) is 9.14. The number of fused-ring (bicyclic) bond motifs is 1. The molecule has 136 valence electrons. The second-order valence-corrected chi connectivity index (χ2v) is 8.16. The molecule has 3 rings (SSSR count). The molecule has 2 heterocycles. The first-order chi connectivity index (χ1) is 11.8. The van der Waals surface area contributed by atoms with Crippen LogP contribution in [-0.4, -0.2) is 42.5 Å². The molecule has 1 aromatic carbocycles. The van der Waals surface area contributed by atoms with Gasteiger partial charge in [0.2, 0.25) is 11.8 Å². The maximum absolute atomic E-state index is 13.1. The molecule has 1 atom stereocenters. The molecule has 0 aromatic heterocycles. The second kappa shape index (κ2) is 6.70. The van der Waals surface area contributed by atoms with Crippen molar-refractivity contribution in [1.29, 1.82) is 0 Å². The van der Waals surface area contributed by atoms with E-state index in [1.54, 1.807) is 0 Å². The predicted molar refractivity (Wildman–Crippen MR) is 97.6 cm³/mol. The summed E-state index contributed by atoms with van der Waals surface area (Å²) in [7, 11) is 0. The van der Waals surface area contributed by atoms with Gasteiger partial charge in [-0.25, -0.2) is 0 Å². The summed E-state index contributed by atoms with van der Waals surface area (Å²) in [6.45, 7) is 9.72. The van der Waals surface area contributed by atoms with Gasteiger partial charge in [0.15, 0.2) is 0 Å². The number of rotatable bonds is 1. The number of likely N-dealkylation sites (tertiary alicyclic amines) is 1. The van der Waals surface area contributed by atoms with E-state index in [2.05, 4.69) is 0 Å². The minimum absolute atomic E-state index is 0.0126. The van der Waals surface area contributed by atoms with E-state index in [4.69, 9.17) is 4.74 Å². The van der Waals surface area contributed by atoms with E-state index in [1.807, 2.05) is 61.8 Å². The number of carbonyl (C=O) groups excluding carboxylic acids is 2. The molecule has 5 nitrogen and oxygen atoms in total. The molecule has 2 amide bonds. The van der Waals surface area contributed by atoms with Gasteiger partial charge in [0, 0.05) is 24.4 Å². The van der Waals surface area contributed by atoms with Gasteiger partial charge in [0.25, 0.3) is 0 Å². The van der Waals surface area contributed by atoms with Gasteiger partial charge in [-0.05, 0) is 31.9 Å². The normalized spacial score (nSPS) is 21.5. The Morgan fingerprint density at radius 1 is 1.12 bits per heavy atom. The van der Waals surface area contributed by atoms with Crippen LogP contribution in [-0.2, 0) is 9.59 Å². The Hall–Kier alpha value is -2.04. The van der Waals surface area contributed by atoms with Gasteiger partial charge in [-0.15, -0.1) is 0 Å². The van der Waals surface area contributed by atoms with Crippen LogP contribution in [0.25, 0.3) is 0 Å². The van der Waals surface area contributed by atoms with E-state index < -0.39 is 0 Å². The van der Waals surface area contributed by atoms with Crippen LogP contribution in [0.15, 0.2) is 24.3 Å². The average molecular weight is 344 g/mol. The minimum Gasteiger partial charge on any atom is -0.487 e.